The van der Waals surface area contributed by atoms with E-state index >= 15 is 0 Å². The Balaban J connectivity index is 1.67. The normalized spacial score (nSPS) is 11.7. The van der Waals surface area contributed by atoms with Crippen LogP contribution in [0.25, 0.3) is 0 Å². The van der Waals surface area contributed by atoms with Gasteiger partial charge in [-0.3, -0.25) is 4.79 Å². The van der Waals surface area contributed by atoms with Crippen molar-refractivity contribution in [1.82, 2.24) is 4.98 Å². The Morgan fingerprint density at radius 3 is 2.70 bits per heavy atom. The van der Waals surface area contributed by atoms with Gasteiger partial charge >= 0.3 is 5.97 Å². The average Bonchev–Trinajstić information content (AvgIpc) is 2.57. The van der Waals surface area contributed by atoms with Gasteiger partial charge in [0.25, 0.3) is 0 Å². The first-order valence-electron chi connectivity index (χ1n) is 7.74. The Hall–Kier alpha value is -2.56. The van der Waals surface area contributed by atoms with Gasteiger partial charge < -0.3 is 15.2 Å². The fraction of sp³-hybridized carbons (Fsp3) is 0.333. The predicted molar refractivity (Wildman–Crippen MR) is 89.8 cm³/mol. The van der Waals surface area contributed by atoms with Gasteiger partial charge in [0.15, 0.2) is 0 Å². The SMILES string of the molecule is CC(Cc1ccc(OCCCNc2ccccn2)cc1)C(=O)O. The van der Waals surface area contributed by atoms with Gasteiger partial charge in [0, 0.05) is 12.7 Å². The number of aliphatic carboxylic acids is 1. The first kappa shape index (κ1) is 16.8. The summed E-state index contributed by atoms with van der Waals surface area (Å²) in [6.07, 6.45) is 3.16. The minimum atomic E-state index is -0.772. The Kier molecular flexibility index (Phi) is 6.41. The number of anilines is 1. The van der Waals surface area contributed by atoms with Gasteiger partial charge in [-0.05, 0) is 42.7 Å². The van der Waals surface area contributed by atoms with E-state index in [0.717, 1.165) is 30.1 Å². The number of hydrogen-bond acceptors (Lipinski definition) is 4. The molecule has 0 aliphatic rings. The largest absolute Gasteiger partial charge is 0.494 e. The van der Waals surface area contributed by atoms with Crippen LogP contribution in [0, 0.1) is 5.92 Å². The van der Waals surface area contributed by atoms with E-state index in [0.29, 0.717) is 13.0 Å². The molecule has 23 heavy (non-hydrogen) atoms. The monoisotopic (exact) mass is 314 g/mol. The molecule has 122 valence electrons. The topological polar surface area (TPSA) is 71.5 Å². The van der Waals surface area contributed by atoms with E-state index in [4.69, 9.17) is 9.84 Å². The van der Waals surface area contributed by atoms with Crippen molar-refractivity contribution in [3.05, 3.63) is 54.2 Å². The van der Waals surface area contributed by atoms with Crippen LogP contribution in [-0.4, -0.2) is 29.2 Å². The van der Waals surface area contributed by atoms with Crippen LogP contribution in [0.5, 0.6) is 5.75 Å². The van der Waals surface area contributed by atoms with Crippen LogP contribution < -0.4 is 10.1 Å². The number of carbonyl (C=O) groups is 1. The Morgan fingerprint density at radius 2 is 2.04 bits per heavy atom. The maximum absolute atomic E-state index is 10.8. The van der Waals surface area contributed by atoms with Gasteiger partial charge in [-0.2, -0.15) is 0 Å². The van der Waals surface area contributed by atoms with E-state index in [2.05, 4.69) is 10.3 Å². The summed E-state index contributed by atoms with van der Waals surface area (Å²) >= 11 is 0. The number of benzene rings is 1. The van der Waals surface area contributed by atoms with E-state index < -0.39 is 5.97 Å². The van der Waals surface area contributed by atoms with Crippen LogP contribution in [0.15, 0.2) is 48.7 Å². The second-order valence-corrected chi connectivity index (χ2v) is 5.43. The molecule has 0 amide bonds. The molecule has 1 atom stereocenters. The zero-order valence-electron chi connectivity index (χ0n) is 13.2. The molecule has 0 aliphatic carbocycles. The summed E-state index contributed by atoms with van der Waals surface area (Å²) in [6, 6.07) is 13.4. The molecular weight excluding hydrogens is 292 g/mol. The maximum atomic E-state index is 10.8. The zero-order valence-corrected chi connectivity index (χ0v) is 13.2. The smallest absolute Gasteiger partial charge is 0.306 e. The van der Waals surface area contributed by atoms with Crippen molar-refractivity contribution in [2.45, 2.75) is 19.8 Å². The van der Waals surface area contributed by atoms with Crippen LogP contribution in [-0.2, 0) is 11.2 Å². The second-order valence-electron chi connectivity index (χ2n) is 5.43. The number of ether oxygens (including phenoxy) is 1. The minimum absolute atomic E-state index is 0.376. The highest BCUT2D eigenvalue weighted by molar-refractivity contribution is 5.69. The highest BCUT2D eigenvalue weighted by atomic mass is 16.5. The molecule has 0 radical (unpaired) electrons. The van der Waals surface area contributed by atoms with E-state index in [-0.39, 0.29) is 5.92 Å². The molecule has 0 bridgehead atoms. The minimum Gasteiger partial charge on any atom is -0.494 e. The first-order chi connectivity index (χ1) is 11.1. The van der Waals surface area contributed by atoms with Crippen LogP contribution in [0.1, 0.15) is 18.9 Å². The molecule has 0 saturated carbocycles. The molecule has 0 aliphatic heterocycles. The van der Waals surface area contributed by atoms with Crippen LogP contribution in [0.2, 0.25) is 0 Å². The number of pyridine rings is 1. The van der Waals surface area contributed by atoms with E-state index in [1.54, 1.807) is 13.1 Å². The molecule has 2 aromatic rings. The molecule has 0 saturated heterocycles. The quantitative estimate of drug-likeness (QED) is 0.695. The second kappa shape index (κ2) is 8.78. The Bertz CT molecular complexity index is 599. The van der Waals surface area contributed by atoms with Crippen molar-refractivity contribution >= 4 is 11.8 Å². The third-order valence-electron chi connectivity index (χ3n) is 3.45. The van der Waals surface area contributed by atoms with Gasteiger partial charge in [-0.15, -0.1) is 0 Å². The van der Waals surface area contributed by atoms with Crippen LogP contribution in [0.3, 0.4) is 0 Å². The van der Waals surface area contributed by atoms with E-state index in [1.807, 2.05) is 42.5 Å². The summed E-state index contributed by atoms with van der Waals surface area (Å²) in [5.74, 6) is 0.518. The molecule has 1 aromatic heterocycles. The summed E-state index contributed by atoms with van der Waals surface area (Å²) in [5, 5.41) is 12.1. The first-order valence-corrected chi connectivity index (χ1v) is 7.74. The molecule has 2 rings (SSSR count). The number of nitrogens with one attached hydrogen (secondary N) is 1. The number of nitrogens with zero attached hydrogens (tertiary/aromatic N) is 1. The Morgan fingerprint density at radius 1 is 1.26 bits per heavy atom. The molecule has 1 aromatic carbocycles. The highest BCUT2D eigenvalue weighted by Crippen LogP contribution is 2.15. The third-order valence-corrected chi connectivity index (χ3v) is 3.45. The van der Waals surface area contributed by atoms with Gasteiger partial charge in [-0.25, -0.2) is 4.98 Å². The van der Waals surface area contributed by atoms with E-state index in [9.17, 15) is 4.79 Å². The van der Waals surface area contributed by atoms with Crippen molar-refractivity contribution < 1.29 is 14.6 Å². The van der Waals surface area contributed by atoms with Crippen LogP contribution in [0.4, 0.5) is 5.82 Å². The number of carboxylic acids is 1. The number of rotatable bonds is 9. The third kappa shape index (κ3) is 5.98. The molecular formula is C18H22N2O3. The lowest BCUT2D eigenvalue weighted by Crippen LogP contribution is -2.12. The maximum Gasteiger partial charge on any atom is 0.306 e. The summed E-state index contributed by atoms with van der Waals surface area (Å²) in [6.45, 7) is 3.12. The van der Waals surface area contributed by atoms with Crippen molar-refractivity contribution in [2.75, 3.05) is 18.5 Å². The van der Waals surface area contributed by atoms with Gasteiger partial charge in [0.1, 0.15) is 11.6 Å². The van der Waals surface area contributed by atoms with Gasteiger partial charge in [0.2, 0.25) is 0 Å². The molecule has 5 nitrogen and oxygen atoms in total. The van der Waals surface area contributed by atoms with Crippen molar-refractivity contribution in [3.63, 3.8) is 0 Å². The van der Waals surface area contributed by atoms with Crippen molar-refractivity contribution in [3.8, 4) is 5.75 Å². The lowest BCUT2D eigenvalue weighted by Gasteiger charge is -2.09. The van der Waals surface area contributed by atoms with Crippen molar-refractivity contribution in [2.24, 2.45) is 5.92 Å². The number of hydrogen-bond donors (Lipinski definition) is 2. The lowest BCUT2D eigenvalue weighted by atomic mass is 10.0. The number of aromatic nitrogens is 1. The molecule has 0 fully saturated rings. The summed E-state index contributed by atoms with van der Waals surface area (Å²) in [7, 11) is 0. The van der Waals surface area contributed by atoms with Gasteiger partial charge in [-0.1, -0.05) is 25.1 Å². The fourth-order valence-corrected chi connectivity index (χ4v) is 2.11. The molecule has 1 unspecified atom stereocenters. The lowest BCUT2D eigenvalue weighted by molar-refractivity contribution is -0.141. The van der Waals surface area contributed by atoms with Gasteiger partial charge in [0.05, 0.1) is 12.5 Å². The zero-order chi connectivity index (χ0) is 16.5. The summed E-state index contributed by atoms with van der Waals surface area (Å²) in [5.41, 5.74) is 1.00. The predicted octanol–water partition coefficient (Wildman–Crippen LogP) is 3.23. The summed E-state index contributed by atoms with van der Waals surface area (Å²) < 4.78 is 5.67. The average molecular weight is 314 g/mol. The number of carboxylic acid groups (broad SMARTS) is 1. The molecule has 0 spiro atoms. The van der Waals surface area contributed by atoms with E-state index in [1.165, 1.54) is 0 Å². The molecule has 5 heteroatoms. The molecule has 2 N–H and O–H groups in total. The standard InChI is InChI=1S/C18H22N2O3/c1-14(18(21)22)13-15-6-8-16(9-7-15)23-12-4-11-20-17-5-2-3-10-19-17/h2-3,5-10,14H,4,11-13H2,1H3,(H,19,20)(H,21,22). The van der Waals surface area contributed by atoms with Crippen LogP contribution >= 0.6 is 0 Å². The highest BCUT2D eigenvalue weighted by Gasteiger charge is 2.11. The Labute approximate surface area is 136 Å². The summed E-state index contributed by atoms with van der Waals surface area (Å²) in [4.78, 5) is 15.0. The fourth-order valence-electron chi connectivity index (χ4n) is 2.11. The van der Waals surface area contributed by atoms with Crippen molar-refractivity contribution in [1.29, 1.82) is 0 Å². The molecule has 1 heterocycles.